The van der Waals surface area contributed by atoms with Crippen LogP contribution in [0.4, 0.5) is 24.9 Å². The minimum Gasteiger partial charge on any atom is -0.366 e. The van der Waals surface area contributed by atoms with Crippen LogP contribution in [0.1, 0.15) is 30.5 Å². The first kappa shape index (κ1) is 19.3. The van der Waals surface area contributed by atoms with Crippen LogP contribution in [-0.4, -0.2) is 46.0 Å². The Labute approximate surface area is 156 Å². The number of nitrogens with one attached hydrogen (secondary N) is 2. The van der Waals surface area contributed by atoms with Crippen LogP contribution in [0.25, 0.3) is 0 Å². The summed E-state index contributed by atoms with van der Waals surface area (Å²) >= 11 is 0. The maximum absolute atomic E-state index is 13.2. The molecule has 27 heavy (non-hydrogen) atoms. The van der Waals surface area contributed by atoms with Crippen molar-refractivity contribution in [1.29, 1.82) is 0 Å². The minimum atomic E-state index is -4.53. The number of piperidine rings is 1. The van der Waals surface area contributed by atoms with Crippen molar-refractivity contribution in [3.05, 3.63) is 41.9 Å². The summed E-state index contributed by atoms with van der Waals surface area (Å²) < 4.78 is 39.5. The van der Waals surface area contributed by atoms with Gasteiger partial charge < -0.3 is 15.5 Å². The van der Waals surface area contributed by atoms with Crippen molar-refractivity contribution in [3.63, 3.8) is 0 Å². The number of alkyl halides is 3. The van der Waals surface area contributed by atoms with Crippen molar-refractivity contribution in [3.8, 4) is 0 Å². The normalized spacial score (nSPS) is 15.5. The SMILES string of the molecule is FC(F)(F)c1cc(NCc2cccnc2)nc(NCCN2CCCCC2)n1. The van der Waals surface area contributed by atoms with Gasteiger partial charge in [0.25, 0.3) is 0 Å². The zero-order valence-electron chi connectivity index (χ0n) is 15.0. The molecule has 0 bridgehead atoms. The fraction of sp³-hybridized carbons (Fsp3) is 0.500. The van der Waals surface area contributed by atoms with E-state index in [0.29, 0.717) is 13.1 Å². The number of nitrogens with zero attached hydrogens (tertiary/aromatic N) is 4. The van der Waals surface area contributed by atoms with Crippen molar-refractivity contribution in [2.45, 2.75) is 32.0 Å². The number of hydrogen-bond acceptors (Lipinski definition) is 6. The molecule has 9 heteroatoms. The van der Waals surface area contributed by atoms with Crippen LogP contribution >= 0.6 is 0 Å². The van der Waals surface area contributed by atoms with E-state index in [1.54, 1.807) is 18.5 Å². The standard InChI is InChI=1S/C18H23F3N6/c19-18(20,21)15-11-16(24-13-14-5-4-6-22-12-14)26-17(25-15)23-7-10-27-8-2-1-3-9-27/h4-6,11-12H,1-3,7-10,13H2,(H2,23,24,25,26). The lowest BCUT2D eigenvalue weighted by Crippen LogP contribution is -2.34. The van der Waals surface area contributed by atoms with Crippen LogP contribution in [0, 0.1) is 0 Å². The van der Waals surface area contributed by atoms with Gasteiger partial charge in [0, 0.05) is 38.1 Å². The molecule has 146 valence electrons. The Bertz CT molecular complexity index is 717. The van der Waals surface area contributed by atoms with E-state index in [-0.39, 0.29) is 11.8 Å². The number of anilines is 2. The first-order valence-electron chi connectivity index (χ1n) is 9.06. The second-order valence-corrected chi connectivity index (χ2v) is 6.50. The summed E-state index contributed by atoms with van der Waals surface area (Å²) in [7, 11) is 0. The third-order valence-corrected chi connectivity index (χ3v) is 4.37. The fourth-order valence-electron chi connectivity index (χ4n) is 2.97. The van der Waals surface area contributed by atoms with E-state index in [1.165, 1.54) is 19.3 Å². The van der Waals surface area contributed by atoms with Gasteiger partial charge in [0.15, 0.2) is 5.69 Å². The molecule has 3 rings (SSSR count). The second-order valence-electron chi connectivity index (χ2n) is 6.50. The number of halogens is 3. The Morgan fingerprint density at radius 2 is 1.89 bits per heavy atom. The van der Waals surface area contributed by atoms with Gasteiger partial charge in [-0.2, -0.15) is 18.2 Å². The van der Waals surface area contributed by atoms with E-state index < -0.39 is 11.9 Å². The van der Waals surface area contributed by atoms with E-state index in [1.807, 2.05) is 6.07 Å². The number of likely N-dealkylation sites (tertiary alicyclic amines) is 1. The summed E-state index contributed by atoms with van der Waals surface area (Å²) in [6.45, 7) is 3.66. The molecule has 0 saturated carbocycles. The Morgan fingerprint density at radius 1 is 1.07 bits per heavy atom. The molecular formula is C18H23F3N6. The topological polar surface area (TPSA) is 66.0 Å². The predicted molar refractivity (Wildman–Crippen MR) is 97.4 cm³/mol. The molecular weight excluding hydrogens is 357 g/mol. The Morgan fingerprint density at radius 3 is 2.59 bits per heavy atom. The summed E-state index contributed by atoms with van der Waals surface area (Å²) in [6, 6.07) is 4.53. The monoisotopic (exact) mass is 380 g/mol. The van der Waals surface area contributed by atoms with Gasteiger partial charge in [-0.05, 0) is 37.6 Å². The van der Waals surface area contributed by atoms with Gasteiger partial charge in [-0.15, -0.1) is 0 Å². The van der Waals surface area contributed by atoms with Gasteiger partial charge in [-0.25, -0.2) is 4.98 Å². The van der Waals surface area contributed by atoms with Crippen molar-refractivity contribution < 1.29 is 13.2 Å². The maximum Gasteiger partial charge on any atom is 0.433 e. The lowest BCUT2D eigenvalue weighted by molar-refractivity contribution is -0.141. The van der Waals surface area contributed by atoms with Gasteiger partial charge in [-0.3, -0.25) is 4.98 Å². The lowest BCUT2D eigenvalue weighted by Gasteiger charge is -2.26. The minimum absolute atomic E-state index is 0.0180. The molecule has 1 saturated heterocycles. The maximum atomic E-state index is 13.2. The average molecular weight is 380 g/mol. The molecule has 0 spiro atoms. The molecule has 6 nitrogen and oxygen atoms in total. The third-order valence-electron chi connectivity index (χ3n) is 4.37. The van der Waals surface area contributed by atoms with Crippen LogP contribution in [0.2, 0.25) is 0 Å². The summed E-state index contributed by atoms with van der Waals surface area (Å²) in [5.74, 6) is 0.108. The highest BCUT2D eigenvalue weighted by Crippen LogP contribution is 2.29. The molecule has 3 heterocycles. The van der Waals surface area contributed by atoms with Gasteiger partial charge >= 0.3 is 6.18 Å². The van der Waals surface area contributed by atoms with Crippen LogP contribution in [0.5, 0.6) is 0 Å². The van der Waals surface area contributed by atoms with Gasteiger partial charge in [0.05, 0.1) is 0 Å². The van der Waals surface area contributed by atoms with Crippen molar-refractivity contribution in [1.82, 2.24) is 19.9 Å². The van der Waals surface area contributed by atoms with Gasteiger partial charge in [0.2, 0.25) is 5.95 Å². The van der Waals surface area contributed by atoms with Crippen LogP contribution in [-0.2, 0) is 12.7 Å². The summed E-state index contributed by atoms with van der Waals surface area (Å²) in [5.41, 5.74) is -0.115. The largest absolute Gasteiger partial charge is 0.433 e. The van der Waals surface area contributed by atoms with Crippen LogP contribution < -0.4 is 10.6 Å². The average Bonchev–Trinajstić information content (AvgIpc) is 2.67. The highest BCUT2D eigenvalue weighted by molar-refractivity contribution is 5.43. The summed E-state index contributed by atoms with van der Waals surface area (Å²) in [5, 5.41) is 5.84. The smallest absolute Gasteiger partial charge is 0.366 e. The molecule has 2 aromatic rings. The molecule has 1 fully saturated rings. The van der Waals surface area contributed by atoms with Crippen LogP contribution in [0.15, 0.2) is 30.6 Å². The highest BCUT2D eigenvalue weighted by Gasteiger charge is 2.33. The molecule has 0 radical (unpaired) electrons. The summed E-state index contributed by atoms with van der Waals surface area (Å²) in [6.07, 6.45) is 2.34. The number of hydrogen-bond donors (Lipinski definition) is 2. The molecule has 0 aliphatic carbocycles. The molecule has 2 N–H and O–H groups in total. The van der Waals surface area contributed by atoms with Crippen molar-refractivity contribution in [2.75, 3.05) is 36.8 Å². The molecule has 0 unspecified atom stereocenters. The number of pyridine rings is 1. The molecule has 0 amide bonds. The first-order valence-corrected chi connectivity index (χ1v) is 9.06. The Hall–Kier alpha value is -2.42. The van der Waals surface area contributed by atoms with E-state index in [0.717, 1.165) is 31.3 Å². The van der Waals surface area contributed by atoms with E-state index >= 15 is 0 Å². The highest BCUT2D eigenvalue weighted by atomic mass is 19.4. The lowest BCUT2D eigenvalue weighted by atomic mass is 10.1. The molecule has 0 atom stereocenters. The number of aromatic nitrogens is 3. The Balaban J connectivity index is 1.64. The van der Waals surface area contributed by atoms with E-state index in [2.05, 4.69) is 30.5 Å². The van der Waals surface area contributed by atoms with Crippen LogP contribution in [0.3, 0.4) is 0 Å². The Kier molecular flexibility index (Phi) is 6.44. The second kappa shape index (κ2) is 8.98. The first-order chi connectivity index (χ1) is 13.0. The zero-order valence-corrected chi connectivity index (χ0v) is 15.0. The van der Waals surface area contributed by atoms with Crippen molar-refractivity contribution >= 4 is 11.8 Å². The van der Waals surface area contributed by atoms with E-state index in [4.69, 9.17) is 0 Å². The molecule has 0 aromatic carbocycles. The van der Waals surface area contributed by atoms with Gasteiger partial charge in [-0.1, -0.05) is 12.5 Å². The predicted octanol–water partition coefficient (Wildman–Crippen LogP) is 3.40. The zero-order chi connectivity index (χ0) is 19.1. The van der Waals surface area contributed by atoms with E-state index in [9.17, 15) is 13.2 Å². The fourth-order valence-corrected chi connectivity index (χ4v) is 2.97. The van der Waals surface area contributed by atoms with Crippen molar-refractivity contribution in [2.24, 2.45) is 0 Å². The molecule has 1 aliphatic heterocycles. The quantitative estimate of drug-likeness (QED) is 0.768. The van der Waals surface area contributed by atoms with Gasteiger partial charge in [0.1, 0.15) is 5.82 Å². The summed E-state index contributed by atoms with van der Waals surface area (Å²) in [4.78, 5) is 14.1. The molecule has 2 aromatic heterocycles. The molecule has 1 aliphatic rings. The third kappa shape index (κ3) is 6.06. The number of rotatable bonds is 7.